The molecule has 3 aromatic rings. The number of rotatable bonds is 7. The Morgan fingerprint density at radius 1 is 1.31 bits per heavy atom. The number of aromatic nitrogens is 3. The summed E-state index contributed by atoms with van der Waals surface area (Å²) in [6.07, 6.45) is 3.02. The van der Waals surface area contributed by atoms with Gasteiger partial charge in [-0.15, -0.1) is 21.5 Å². The van der Waals surface area contributed by atoms with E-state index in [1.54, 1.807) is 11.3 Å². The minimum atomic E-state index is -0.339. The number of thiophene rings is 1. The average Bonchev–Trinajstić information content (AvgIpc) is 3.20. The molecule has 0 radical (unpaired) electrons. The maximum absolute atomic E-state index is 13.1. The molecular formula is C19H18FN3OS2. The normalized spacial score (nSPS) is 15.2. The Hall–Kier alpha value is -1.99. The minimum absolute atomic E-state index is 0.0276. The highest BCUT2D eigenvalue weighted by molar-refractivity contribution is 8.00. The van der Waals surface area contributed by atoms with Crippen molar-refractivity contribution >= 4 is 28.9 Å². The monoisotopic (exact) mass is 387 g/mol. The molecule has 2 aromatic heterocycles. The largest absolute Gasteiger partial charge is 0.303 e. The summed E-state index contributed by atoms with van der Waals surface area (Å²) >= 11 is 3.14. The zero-order chi connectivity index (χ0) is 18.1. The molecule has 1 aliphatic rings. The van der Waals surface area contributed by atoms with Crippen LogP contribution in [0, 0.1) is 5.82 Å². The Morgan fingerprint density at radius 2 is 2.08 bits per heavy atom. The summed E-state index contributed by atoms with van der Waals surface area (Å²) in [5.41, 5.74) is 0.516. The molecule has 0 amide bonds. The molecular weight excluding hydrogens is 369 g/mol. The lowest BCUT2D eigenvalue weighted by Crippen LogP contribution is -2.15. The van der Waals surface area contributed by atoms with Crippen molar-refractivity contribution in [3.63, 3.8) is 0 Å². The summed E-state index contributed by atoms with van der Waals surface area (Å²) in [5, 5.41) is 11.3. The van der Waals surface area contributed by atoms with Gasteiger partial charge in [-0.2, -0.15) is 0 Å². The topological polar surface area (TPSA) is 47.8 Å². The van der Waals surface area contributed by atoms with E-state index >= 15 is 0 Å². The van der Waals surface area contributed by atoms with Gasteiger partial charge in [-0.25, -0.2) is 4.39 Å². The van der Waals surface area contributed by atoms with Crippen LogP contribution in [0.3, 0.4) is 0 Å². The third-order valence-electron chi connectivity index (χ3n) is 4.34. The third kappa shape index (κ3) is 3.73. The lowest BCUT2D eigenvalue weighted by molar-refractivity contribution is 0.0994. The quantitative estimate of drug-likeness (QED) is 0.433. The van der Waals surface area contributed by atoms with Gasteiger partial charge in [-0.3, -0.25) is 4.79 Å². The molecule has 134 valence electrons. The minimum Gasteiger partial charge on any atom is -0.303 e. The van der Waals surface area contributed by atoms with E-state index in [-0.39, 0.29) is 16.9 Å². The Balaban J connectivity index is 1.53. The number of Topliss-reactive ketones (excluding diaryl/α,β-unsaturated/α-hetero) is 1. The lowest BCUT2D eigenvalue weighted by Gasteiger charge is -2.12. The fraction of sp³-hybridized carbons (Fsp3) is 0.316. The number of thioether (sulfide) groups is 1. The van der Waals surface area contributed by atoms with Gasteiger partial charge in [0.25, 0.3) is 0 Å². The summed E-state index contributed by atoms with van der Waals surface area (Å²) in [5.74, 6) is 0.590. The first-order chi connectivity index (χ1) is 12.6. The number of carbonyl (C=O) groups is 1. The number of benzene rings is 1. The molecule has 0 aliphatic heterocycles. The van der Waals surface area contributed by atoms with Crippen LogP contribution in [0.25, 0.3) is 0 Å². The molecule has 0 saturated heterocycles. The molecule has 0 unspecified atom stereocenters. The molecule has 4 rings (SSSR count). The predicted octanol–water partition coefficient (Wildman–Crippen LogP) is 4.77. The number of carbonyl (C=O) groups excluding carboxylic acids is 1. The number of hydrogen-bond donors (Lipinski definition) is 0. The van der Waals surface area contributed by atoms with E-state index in [1.807, 2.05) is 13.0 Å². The van der Waals surface area contributed by atoms with Crippen LogP contribution in [0.4, 0.5) is 4.39 Å². The van der Waals surface area contributed by atoms with Crippen LogP contribution in [-0.2, 0) is 6.42 Å². The summed E-state index contributed by atoms with van der Waals surface area (Å²) in [6, 6.07) is 10.3. The van der Waals surface area contributed by atoms with Gasteiger partial charge in [0.2, 0.25) is 0 Å². The Labute approximate surface area is 159 Å². The van der Waals surface area contributed by atoms with Crippen molar-refractivity contribution in [2.75, 3.05) is 0 Å². The number of ketones is 1. The van der Waals surface area contributed by atoms with E-state index in [4.69, 9.17) is 0 Å². The van der Waals surface area contributed by atoms with Gasteiger partial charge in [0.1, 0.15) is 11.6 Å². The molecule has 1 saturated carbocycles. The first-order valence-electron chi connectivity index (χ1n) is 8.54. The average molecular weight is 388 g/mol. The smallest absolute Gasteiger partial charge is 0.192 e. The van der Waals surface area contributed by atoms with Gasteiger partial charge in [0.05, 0.1) is 5.25 Å². The van der Waals surface area contributed by atoms with Crippen LogP contribution in [-0.4, -0.2) is 25.8 Å². The van der Waals surface area contributed by atoms with Gasteiger partial charge in [-0.1, -0.05) is 17.8 Å². The van der Waals surface area contributed by atoms with E-state index in [0.29, 0.717) is 11.6 Å². The van der Waals surface area contributed by atoms with Gasteiger partial charge in [0, 0.05) is 22.9 Å². The van der Waals surface area contributed by atoms with Crippen molar-refractivity contribution < 1.29 is 9.18 Å². The molecule has 2 heterocycles. The van der Waals surface area contributed by atoms with Crippen LogP contribution >= 0.6 is 23.1 Å². The summed E-state index contributed by atoms with van der Waals surface area (Å²) in [6.45, 7) is 1.86. The van der Waals surface area contributed by atoms with Crippen molar-refractivity contribution in [2.45, 2.75) is 42.6 Å². The maximum atomic E-state index is 13.1. The molecule has 4 nitrogen and oxygen atoms in total. The molecule has 0 N–H and O–H groups in total. The molecule has 1 aliphatic carbocycles. The highest BCUT2D eigenvalue weighted by Crippen LogP contribution is 2.40. The van der Waals surface area contributed by atoms with E-state index in [0.717, 1.165) is 30.2 Å². The zero-order valence-corrected chi connectivity index (χ0v) is 15.9. The van der Waals surface area contributed by atoms with E-state index in [1.165, 1.54) is 40.9 Å². The Kier molecular flexibility index (Phi) is 4.91. The fourth-order valence-corrected chi connectivity index (χ4v) is 4.55. The molecule has 0 bridgehead atoms. The van der Waals surface area contributed by atoms with E-state index in [2.05, 4.69) is 26.2 Å². The van der Waals surface area contributed by atoms with Gasteiger partial charge < -0.3 is 4.57 Å². The van der Waals surface area contributed by atoms with Crippen molar-refractivity contribution in [1.29, 1.82) is 0 Å². The van der Waals surface area contributed by atoms with E-state index in [9.17, 15) is 9.18 Å². The Bertz CT molecular complexity index is 902. The van der Waals surface area contributed by atoms with Gasteiger partial charge in [-0.05, 0) is 55.5 Å². The SMILES string of the molecule is C[C@@H](Sc1nnc(Cc2cccs2)n1C1CC1)C(=O)c1ccc(F)cc1. The lowest BCUT2D eigenvalue weighted by atomic mass is 10.1. The highest BCUT2D eigenvalue weighted by atomic mass is 32.2. The van der Waals surface area contributed by atoms with Crippen molar-refractivity contribution in [3.05, 3.63) is 63.9 Å². The Morgan fingerprint density at radius 3 is 2.73 bits per heavy atom. The van der Waals surface area contributed by atoms with Crippen molar-refractivity contribution in [1.82, 2.24) is 14.8 Å². The van der Waals surface area contributed by atoms with Crippen LogP contribution < -0.4 is 0 Å². The van der Waals surface area contributed by atoms with Crippen LogP contribution in [0.5, 0.6) is 0 Å². The molecule has 1 fully saturated rings. The van der Waals surface area contributed by atoms with Gasteiger partial charge >= 0.3 is 0 Å². The second kappa shape index (κ2) is 7.32. The van der Waals surface area contributed by atoms with E-state index < -0.39 is 0 Å². The summed E-state index contributed by atoms with van der Waals surface area (Å²) < 4.78 is 15.3. The van der Waals surface area contributed by atoms with Crippen LogP contribution in [0.2, 0.25) is 0 Å². The van der Waals surface area contributed by atoms with Crippen LogP contribution in [0.1, 0.15) is 46.9 Å². The molecule has 26 heavy (non-hydrogen) atoms. The molecule has 1 aromatic carbocycles. The second-order valence-corrected chi connectivity index (χ2v) is 8.73. The molecule has 0 spiro atoms. The molecule has 1 atom stereocenters. The second-order valence-electron chi connectivity index (χ2n) is 6.39. The zero-order valence-electron chi connectivity index (χ0n) is 14.3. The summed E-state index contributed by atoms with van der Waals surface area (Å²) in [7, 11) is 0. The first-order valence-corrected chi connectivity index (χ1v) is 10.3. The number of nitrogens with zero attached hydrogens (tertiary/aromatic N) is 3. The van der Waals surface area contributed by atoms with Crippen LogP contribution in [0.15, 0.2) is 46.9 Å². The summed E-state index contributed by atoms with van der Waals surface area (Å²) in [4.78, 5) is 13.9. The maximum Gasteiger partial charge on any atom is 0.192 e. The number of hydrogen-bond acceptors (Lipinski definition) is 5. The van der Waals surface area contributed by atoms with Gasteiger partial charge in [0.15, 0.2) is 10.9 Å². The van der Waals surface area contributed by atoms with Crippen molar-refractivity contribution in [2.24, 2.45) is 0 Å². The standard InChI is InChI=1S/C19H18FN3OS2/c1-12(18(24)13-4-6-14(20)7-5-13)26-19-22-21-17(23(19)15-8-9-15)11-16-3-2-10-25-16/h2-7,10,12,15H,8-9,11H2,1H3/t12-/m1/s1. The predicted molar refractivity (Wildman–Crippen MR) is 101 cm³/mol. The third-order valence-corrected chi connectivity index (χ3v) is 6.27. The molecule has 7 heteroatoms. The fourth-order valence-electron chi connectivity index (χ4n) is 2.84. The highest BCUT2D eigenvalue weighted by Gasteiger charge is 2.31. The first kappa shape index (κ1) is 17.4. The van der Waals surface area contributed by atoms with Crippen molar-refractivity contribution in [3.8, 4) is 0 Å². The number of halogens is 1.